The molecular weight excluding hydrogens is 520 g/mol. The number of methoxy groups -OCH3 is 1. The average molecular weight is 546 g/mol. The minimum Gasteiger partial charge on any atom is -0.494 e. The maximum Gasteiger partial charge on any atom is 0.229 e. The lowest BCUT2D eigenvalue weighted by Gasteiger charge is -2.27. The summed E-state index contributed by atoms with van der Waals surface area (Å²) in [5.74, 6) is 0.490. The van der Waals surface area contributed by atoms with Crippen molar-refractivity contribution in [3.63, 3.8) is 0 Å². The zero-order chi connectivity index (χ0) is 23.8. The van der Waals surface area contributed by atoms with Gasteiger partial charge in [-0.3, -0.25) is 9.78 Å². The molecule has 0 spiro atoms. The van der Waals surface area contributed by atoms with Crippen LogP contribution in [0.15, 0.2) is 58.5 Å². The minimum absolute atomic E-state index is 0.0801. The molecule has 0 unspecified atom stereocenters. The summed E-state index contributed by atoms with van der Waals surface area (Å²) in [6, 6.07) is 13.5. The molecule has 4 rings (SSSR count). The number of rotatable bonds is 5. The van der Waals surface area contributed by atoms with E-state index >= 15 is 0 Å². The fourth-order valence-corrected chi connectivity index (χ4v) is 5.57. The van der Waals surface area contributed by atoms with Crippen LogP contribution < -0.4 is 20.3 Å². The number of anilines is 2. The quantitative estimate of drug-likeness (QED) is 0.379. The average Bonchev–Trinajstić information content (AvgIpc) is 3.36. The molecule has 9 heteroatoms. The number of carbonyl (C=O) groups excluding carboxylic acids is 1. The fraction of sp³-hybridized carbons (Fsp3) is 0.292. The number of thiocarbonyl (C=S) groups is 1. The van der Waals surface area contributed by atoms with E-state index < -0.39 is 5.41 Å². The highest BCUT2D eigenvalue weighted by molar-refractivity contribution is 9.10. The van der Waals surface area contributed by atoms with Crippen molar-refractivity contribution in [2.24, 2.45) is 5.41 Å². The smallest absolute Gasteiger partial charge is 0.229 e. The van der Waals surface area contributed by atoms with E-state index in [4.69, 9.17) is 17.0 Å². The molecule has 1 aromatic carbocycles. The number of pyridine rings is 1. The first kappa shape index (κ1) is 23.7. The molecule has 0 saturated carbocycles. The van der Waals surface area contributed by atoms with Crippen molar-refractivity contribution in [2.75, 3.05) is 17.3 Å². The van der Waals surface area contributed by atoms with Crippen LogP contribution in [0.25, 0.3) is 0 Å². The molecular formula is C24H25BrN4O2S2. The summed E-state index contributed by atoms with van der Waals surface area (Å²) >= 11 is 11.0. The Kier molecular flexibility index (Phi) is 6.74. The predicted octanol–water partition coefficient (Wildman–Crippen LogP) is 6.08. The molecule has 2 aromatic heterocycles. The number of thiophene rings is 1. The van der Waals surface area contributed by atoms with E-state index in [9.17, 15) is 4.79 Å². The number of nitrogens with one attached hydrogen (secondary N) is 2. The number of halogens is 1. The maximum atomic E-state index is 12.5. The summed E-state index contributed by atoms with van der Waals surface area (Å²) in [7, 11) is 1.59. The number of nitrogens with zero attached hydrogens (tertiary/aromatic N) is 2. The van der Waals surface area contributed by atoms with Gasteiger partial charge in [0.05, 0.1) is 30.6 Å². The third-order valence-corrected chi connectivity index (χ3v) is 7.45. The van der Waals surface area contributed by atoms with Gasteiger partial charge in [0.25, 0.3) is 0 Å². The largest absolute Gasteiger partial charge is 0.494 e. The Hall–Kier alpha value is -2.49. The Morgan fingerprint density at radius 3 is 2.67 bits per heavy atom. The third-order valence-electron chi connectivity index (χ3n) is 5.37. The van der Waals surface area contributed by atoms with Crippen LogP contribution in [0.1, 0.15) is 43.4 Å². The van der Waals surface area contributed by atoms with E-state index in [0.717, 1.165) is 20.7 Å². The van der Waals surface area contributed by atoms with Crippen LogP contribution in [0, 0.1) is 5.41 Å². The van der Waals surface area contributed by atoms with Crippen molar-refractivity contribution >= 4 is 61.9 Å². The van der Waals surface area contributed by atoms with Crippen LogP contribution in [-0.4, -0.2) is 23.1 Å². The summed E-state index contributed by atoms with van der Waals surface area (Å²) in [5.41, 5.74) is 1.89. The molecule has 33 heavy (non-hydrogen) atoms. The molecule has 2 N–H and O–H groups in total. The van der Waals surface area contributed by atoms with Gasteiger partial charge in [0, 0.05) is 38.1 Å². The number of benzene rings is 1. The van der Waals surface area contributed by atoms with Gasteiger partial charge in [-0.2, -0.15) is 0 Å². The first-order valence-electron chi connectivity index (χ1n) is 10.4. The molecule has 2 atom stereocenters. The van der Waals surface area contributed by atoms with Crippen LogP contribution in [0.4, 0.5) is 11.4 Å². The van der Waals surface area contributed by atoms with E-state index in [1.54, 1.807) is 24.6 Å². The summed E-state index contributed by atoms with van der Waals surface area (Å²) in [5, 5.41) is 9.09. The lowest BCUT2D eigenvalue weighted by molar-refractivity contribution is -0.123. The molecule has 1 fully saturated rings. The molecule has 172 valence electrons. The second-order valence-corrected chi connectivity index (χ2v) is 11.0. The van der Waals surface area contributed by atoms with Crippen LogP contribution in [0.5, 0.6) is 5.75 Å². The van der Waals surface area contributed by atoms with Gasteiger partial charge < -0.3 is 20.3 Å². The van der Waals surface area contributed by atoms with Crippen LogP contribution in [0.3, 0.4) is 0 Å². The molecule has 3 aromatic rings. The van der Waals surface area contributed by atoms with Crippen molar-refractivity contribution in [3.05, 3.63) is 69.1 Å². The van der Waals surface area contributed by atoms with Gasteiger partial charge in [-0.1, -0.05) is 26.8 Å². The normalized spacial score (nSPS) is 18.2. The van der Waals surface area contributed by atoms with Crippen LogP contribution >= 0.6 is 39.5 Å². The Balaban J connectivity index is 1.74. The molecule has 6 nitrogen and oxygen atoms in total. The number of ether oxygens (including phenoxy) is 1. The number of hydrogen-bond donors (Lipinski definition) is 2. The minimum atomic E-state index is -0.516. The van der Waals surface area contributed by atoms with Crippen molar-refractivity contribution in [3.8, 4) is 5.75 Å². The highest BCUT2D eigenvalue weighted by Crippen LogP contribution is 2.45. The second kappa shape index (κ2) is 9.40. The standard InChI is InChI=1S/C24H25BrN4O2S2/c1-24(2,3)22(30)27-16-9-8-15(12-18(16)31-4)29-21(19-11-14(25)13-33-19)20(28-23(29)32)17-7-5-6-10-26-17/h5-13,20-21H,1-4H3,(H,27,30)(H,28,32)/t20-,21+/m1/s1. The summed E-state index contributed by atoms with van der Waals surface area (Å²) < 4.78 is 6.65. The van der Waals surface area contributed by atoms with Crippen molar-refractivity contribution in [2.45, 2.75) is 32.9 Å². The summed E-state index contributed by atoms with van der Waals surface area (Å²) in [6.45, 7) is 5.62. The predicted molar refractivity (Wildman–Crippen MR) is 141 cm³/mol. The van der Waals surface area contributed by atoms with Gasteiger partial charge in [0.2, 0.25) is 5.91 Å². The Bertz CT molecular complexity index is 1180. The topological polar surface area (TPSA) is 66.5 Å². The van der Waals surface area contributed by atoms with Crippen molar-refractivity contribution < 1.29 is 9.53 Å². The number of aromatic nitrogens is 1. The monoisotopic (exact) mass is 544 g/mol. The van der Waals surface area contributed by atoms with E-state index in [0.29, 0.717) is 16.5 Å². The van der Waals surface area contributed by atoms with E-state index in [-0.39, 0.29) is 18.0 Å². The van der Waals surface area contributed by atoms with Gasteiger partial charge in [0.15, 0.2) is 5.11 Å². The van der Waals surface area contributed by atoms with Crippen LogP contribution in [-0.2, 0) is 4.79 Å². The van der Waals surface area contributed by atoms with E-state index in [1.807, 2.05) is 57.2 Å². The number of hydrogen-bond acceptors (Lipinski definition) is 5. The summed E-state index contributed by atoms with van der Waals surface area (Å²) in [4.78, 5) is 20.3. The lowest BCUT2D eigenvalue weighted by atomic mass is 9.95. The molecule has 0 bridgehead atoms. The third kappa shape index (κ3) is 4.90. The van der Waals surface area contributed by atoms with Crippen molar-refractivity contribution in [1.82, 2.24) is 10.3 Å². The molecule has 1 amide bonds. The van der Waals surface area contributed by atoms with Gasteiger partial charge in [-0.05, 0) is 58.5 Å². The van der Waals surface area contributed by atoms with Crippen LogP contribution in [0.2, 0.25) is 0 Å². The molecule has 1 aliphatic rings. The first-order chi connectivity index (χ1) is 15.7. The van der Waals surface area contributed by atoms with Gasteiger partial charge in [-0.25, -0.2) is 0 Å². The Labute approximate surface area is 211 Å². The van der Waals surface area contributed by atoms with Gasteiger partial charge >= 0.3 is 0 Å². The van der Waals surface area contributed by atoms with Crippen molar-refractivity contribution in [1.29, 1.82) is 0 Å². The number of carbonyl (C=O) groups is 1. The Morgan fingerprint density at radius 2 is 2.06 bits per heavy atom. The van der Waals surface area contributed by atoms with E-state index in [1.165, 1.54) is 0 Å². The van der Waals surface area contributed by atoms with Gasteiger partial charge in [0.1, 0.15) is 5.75 Å². The molecule has 1 saturated heterocycles. The number of amides is 1. The Morgan fingerprint density at radius 1 is 1.27 bits per heavy atom. The zero-order valence-corrected chi connectivity index (χ0v) is 22.0. The molecule has 3 heterocycles. The van der Waals surface area contributed by atoms with E-state index in [2.05, 4.69) is 47.9 Å². The highest BCUT2D eigenvalue weighted by Gasteiger charge is 2.41. The fourth-order valence-electron chi connectivity index (χ4n) is 3.65. The maximum absolute atomic E-state index is 12.5. The second-order valence-electron chi connectivity index (χ2n) is 8.75. The molecule has 0 aliphatic carbocycles. The van der Waals surface area contributed by atoms with Gasteiger partial charge in [-0.15, -0.1) is 11.3 Å². The molecule has 0 radical (unpaired) electrons. The zero-order valence-electron chi connectivity index (χ0n) is 18.8. The molecule has 1 aliphatic heterocycles. The highest BCUT2D eigenvalue weighted by atomic mass is 79.9. The summed E-state index contributed by atoms with van der Waals surface area (Å²) in [6.07, 6.45) is 1.79. The first-order valence-corrected chi connectivity index (χ1v) is 12.5. The SMILES string of the molecule is COc1cc(N2C(=S)N[C@H](c3ccccn3)[C@@H]2c2cc(Br)cs2)ccc1NC(=O)C(C)(C)C. The lowest BCUT2D eigenvalue weighted by Crippen LogP contribution is -2.29.